The zero-order valence-electron chi connectivity index (χ0n) is 11.3. The molecule has 17 heavy (non-hydrogen) atoms. The van der Waals surface area contributed by atoms with Gasteiger partial charge in [-0.25, -0.2) is 0 Å². The quantitative estimate of drug-likeness (QED) is 0.688. The van der Waals surface area contributed by atoms with Crippen LogP contribution in [0.1, 0.15) is 20.8 Å². The van der Waals surface area contributed by atoms with Crippen LogP contribution in [-0.2, 0) is 0 Å². The summed E-state index contributed by atoms with van der Waals surface area (Å²) >= 11 is -0.576. The summed E-state index contributed by atoms with van der Waals surface area (Å²) in [4.78, 5) is 0. The van der Waals surface area contributed by atoms with Crippen molar-refractivity contribution in [3.8, 4) is 0 Å². The van der Waals surface area contributed by atoms with Crippen molar-refractivity contribution < 1.29 is 0 Å². The first-order valence-electron chi connectivity index (χ1n) is 6.75. The van der Waals surface area contributed by atoms with Gasteiger partial charge in [-0.3, -0.25) is 0 Å². The normalized spacial score (nSPS) is 10.1. The Balaban J connectivity index is 0.000000185. The Morgan fingerprint density at radius 2 is 0.941 bits per heavy atom. The standard InChI is InChI=1S/C10H8.C6H16Ge/c1-2-6-10-8-4-3-7-9(10)5-1;1-4-7(5-2)6-3/h1-8H;7H,4-6H2,1-3H3. The van der Waals surface area contributed by atoms with Crippen LogP contribution in [0.25, 0.3) is 10.8 Å². The van der Waals surface area contributed by atoms with Crippen LogP contribution in [0.15, 0.2) is 48.5 Å². The molecule has 1 heteroatoms. The SMILES string of the molecule is C[CH2][GeH]([CH2]C)[CH2]C.c1ccc2ccccc2c1. The van der Waals surface area contributed by atoms with Crippen LogP contribution in [0.3, 0.4) is 0 Å². The molecule has 2 aromatic carbocycles. The molecule has 0 radical (unpaired) electrons. The number of fused-ring (bicyclic) bond motifs is 1. The average Bonchev–Trinajstić information content (AvgIpc) is 2.42. The molecular formula is C16H24Ge. The summed E-state index contributed by atoms with van der Waals surface area (Å²) in [6.07, 6.45) is 0. The van der Waals surface area contributed by atoms with E-state index in [9.17, 15) is 0 Å². The fourth-order valence-electron chi connectivity index (χ4n) is 2.00. The first-order valence-corrected chi connectivity index (χ1v) is 11.9. The molecule has 0 spiro atoms. The maximum absolute atomic E-state index is 2.34. The Kier molecular flexibility index (Phi) is 7.03. The van der Waals surface area contributed by atoms with Crippen molar-refractivity contribution in [3.63, 3.8) is 0 Å². The Labute approximate surface area is 110 Å². The smallest absolute Gasteiger partial charge is 0.0184 e. The molecule has 2 rings (SSSR count). The van der Waals surface area contributed by atoms with E-state index in [1.165, 1.54) is 10.8 Å². The van der Waals surface area contributed by atoms with Crippen LogP contribution in [0, 0.1) is 0 Å². The fourth-order valence-corrected chi connectivity index (χ4v) is 5.63. The first-order chi connectivity index (χ1) is 8.31. The van der Waals surface area contributed by atoms with E-state index in [2.05, 4.69) is 69.3 Å². The molecular weight excluding hydrogens is 265 g/mol. The Bertz CT molecular complexity index is 348. The van der Waals surface area contributed by atoms with Gasteiger partial charge in [0.25, 0.3) is 0 Å². The summed E-state index contributed by atoms with van der Waals surface area (Å²) in [7, 11) is 0. The Morgan fingerprint density at radius 1 is 0.647 bits per heavy atom. The summed E-state index contributed by atoms with van der Waals surface area (Å²) in [6.45, 7) is 7.03. The molecule has 0 saturated heterocycles. The topological polar surface area (TPSA) is 0 Å². The van der Waals surface area contributed by atoms with Crippen LogP contribution in [0.5, 0.6) is 0 Å². The molecule has 0 heterocycles. The number of rotatable bonds is 3. The molecule has 0 aliphatic heterocycles. The van der Waals surface area contributed by atoms with Crippen molar-refractivity contribution in [1.82, 2.24) is 0 Å². The zero-order chi connectivity index (χ0) is 12.5. The van der Waals surface area contributed by atoms with Crippen molar-refractivity contribution in [1.29, 1.82) is 0 Å². The molecule has 0 aromatic heterocycles. The molecule has 0 amide bonds. The minimum atomic E-state index is -0.576. The number of hydrogen-bond acceptors (Lipinski definition) is 0. The van der Waals surface area contributed by atoms with E-state index in [1.807, 2.05) is 0 Å². The van der Waals surface area contributed by atoms with Gasteiger partial charge in [-0.05, 0) is 10.8 Å². The molecule has 0 N–H and O–H groups in total. The van der Waals surface area contributed by atoms with E-state index in [-0.39, 0.29) is 0 Å². The second-order valence-electron chi connectivity index (χ2n) is 4.44. The first kappa shape index (κ1) is 14.3. The monoisotopic (exact) mass is 290 g/mol. The molecule has 0 fully saturated rings. The second kappa shape index (κ2) is 8.35. The van der Waals surface area contributed by atoms with Crippen LogP contribution in [-0.4, -0.2) is 14.3 Å². The van der Waals surface area contributed by atoms with Crippen molar-refractivity contribution in [2.24, 2.45) is 0 Å². The maximum atomic E-state index is 2.34. The van der Waals surface area contributed by atoms with Gasteiger partial charge in [0, 0.05) is 0 Å². The van der Waals surface area contributed by atoms with Crippen LogP contribution in [0.2, 0.25) is 15.8 Å². The zero-order valence-corrected chi connectivity index (χ0v) is 13.7. The Morgan fingerprint density at radius 3 is 1.12 bits per heavy atom. The molecule has 92 valence electrons. The number of hydrogen-bond donors (Lipinski definition) is 0. The fraction of sp³-hybridized carbons (Fsp3) is 0.375. The van der Waals surface area contributed by atoms with E-state index in [0.29, 0.717) is 0 Å². The third-order valence-corrected chi connectivity index (χ3v) is 10.7. The van der Waals surface area contributed by atoms with Crippen molar-refractivity contribution in [2.75, 3.05) is 0 Å². The van der Waals surface area contributed by atoms with Gasteiger partial charge in [0.1, 0.15) is 0 Å². The van der Waals surface area contributed by atoms with Crippen LogP contribution < -0.4 is 0 Å². The van der Waals surface area contributed by atoms with E-state index in [1.54, 1.807) is 15.8 Å². The van der Waals surface area contributed by atoms with Crippen molar-refractivity contribution >= 4 is 25.1 Å². The minimum absolute atomic E-state index is 0.576. The molecule has 0 nitrogen and oxygen atoms in total. The molecule has 0 atom stereocenters. The molecule has 0 saturated carbocycles. The predicted octanol–water partition coefficient (Wildman–Crippen LogP) is 5.11. The van der Waals surface area contributed by atoms with Crippen LogP contribution >= 0.6 is 0 Å². The van der Waals surface area contributed by atoms with Gasteiger partial charge in [-0.15, -0.1) is 0 Å². The molecule has 0 bridgehead atoms. The summed E-state index contributed by atoms with van der Waals surface area (Å²) in [6, 6.07) is 16.7. The van der Waals surface area contributed by atoms with E-state index in [4.69, 9.17) is 0 Å². The van der Waals surface area contributed by atoms with Gasteiger partial charge in [0.05, 0.1) is 0 Å². The molecule has 2 aromatic rings. The van der Waals surface area contributed by atoms with Crippen molar-refractivity contribution in [2.45, 2.75) is 36.5 Å². The second-order valence-corrected chi connectivity index (χ2v) is 13.2. The summed E-state index contributed by atoms with van der Waals surface area (Å²) in [5, 5.41) is 7.25. The largest absolute Gasteiger partial charge is 0.0616 e. The summed E-state index contributed by atoms with van der Waals surface area (Å²) in [5.41, 5.74) is 0. The average molecular weight is 289 g/mol. The summed E-state index contributed by atoms with van der Waals surface area (Å²) < 4.78 is 0. The molecule has 0 unspecified atom stereocenters. The number of benzene rings is 2. The third-order valence-electron chi connectivity index (χ3n) is 3.39. The predicted molar refractivity (Wildman–Crippen MR) is 82.5 cm³/mol. The van der Waals surface area contributed by atoms with Crippen molar-refractivity contribution in [3.05, 3.63) is 48.5 Å². The van der Waals surface area contributed by atoms with Gasteiger partial charge >= 0.3 is 50.9 Å². The maximum Gasteiger partial charge on any atom is -0.0184 e. The van der Waals surface area contributed by atoms with Gasteiger partial charge in [0.2, 0.25) is 0 Å². The third kappa shape index (κ3) is 4.95. The van der Waals surface area contributed by atoms with E-state index in [0.717, 1.165) is 0 Å². The van der Waals surface area contributed by atoms with Gasteiger partial charge < -0.3 is 0 Å². The van der Waals surface area contributed by atoms with E-state index < -0.39 is 14.3 Å². The van der Waals surface area contributed by atoms with Crippen LogP contribution in [0.4, 0.5) is 0 Å². The van der Waals surface area contributed by atoms with Gasteiger partial charge in [-0.2, -0.15) is 0 Å². The molecule has 0 aliphatic rings. The van der Waals surface area contributed by atoms with Gasteiger partial charge in [-0.1, -0.05) is 48.5 Å². The summed E-state index contributed by atoms with van der Waals surface area (Å²) in [5.74, 6) is 0. The Hall–Kier alpha value is -0.757. The minimum Gasteiger partial charge on any atom is -0.0616 e. The van der Waals surface area contributed by atoms with Gasteiger partial charge in [0.15, 0.2) is 0 Å². The van der Waals surface area contributed by atoms with E-state index >= 15 is 0 Å². The molecule has 0 aliphatic carbocycles.